The Morgan fingerprint density at radius 3 is 2.38 bits per heavy atom. The predicted octanol–water partition coefficient (Wildman–Crippen LogP) is 2.28. The molecule has 2 rings (SSSR count). The fourth-order valence-electron chi connectivity index (χ4n) is 2.19. The molecular weight excluding hydrogens is 302 g/mol. The number of carbonyl (C=O) groups is 1. The highest BCUT2D eigenvalue weighted by Crippen LogP contribution is 2.26. The summed E-state index contributed by atoms with van der Waals surface area (Å²) in [6.45, 7) is 2.89. The van der Waals surface area contributed by atoms with Gasteiger partial charge < -0.3 is 15.4 Å². The Hall–Kier alpha value is -1.40. The van der Waals surface area contributed by atoms with Crippen molar-refractivity contribution in [2.24, 2.45) is 5.92 Å². The number of amides is 1. The Kier molecular flexibility index (Phi) is 6.36. The zero-order valence-electron chi connectivity index (χ0n) is 11.9. The highest BCUT2D eigenvalue weighted by Gasteiger charge is 2.19. The zero-order valence-corrected chi connectivity index (χ0v) is 12.7. The van der Waals surface area contributed by atoms with Crippen LogP contribution in [0.2, 0.25) is 0 Å². The maximum atomic E-state index is 12.3. The molecule has 1 aliphatic rings. The Bertz CT molecular complexity index is 485. The number of carbonyl (C=O) groups excluding carboxylic acids is 1. The van der Waals surface area contributed by atoms with Gasteiger partial charge in [-0.2, -0.15) is 8.78 Å². The molecule has 0 saturated carbocycles. The minimum atomic E-state index is -2.86. The summed E-state index contributed by atoms with van der Waals surface area (Å²) in [5.74, 6) is 0.425. The third-order valence-corrected chi connectivity index (χ3v) is 3.35. The number of aryl methyl sites for hydroxylation is 2. The van der Waals surface area contributed by atoms with Gasteiger partial charge in [-0.25, -0.2) is 0 Å². The average molecular weight is 321 g/mol. The van der Waals surface area contributed by atoms with Gasteiger partial charge in [0.15, 0.2) is 0 Å². The average Bonchev–Trinajstić information content (AvgIpc) is 2.31. The quantitative estimate of drug-likeness (QED) is 0.875. The Balaban J connectivity index is 0.00000220. The maximum absolute atomic E-state index is 12.3. The van der Waals surface area contributed by atoms with Crippen molar-refractivity contribution < 1.29 is 18.3 Å². The van der Waals surface area contributed by atoms with Gasteiger partial charge in [0, 0.05) is 31.1 Å². The SMILES string of the molecule is Cc1cc(C(=O)NCC2CNC2)cc(C)c1OC(F)F.Cl. The molecule has 21 heavy (non-hydrogen) atoms. The highest BCUT2D eigenvalue weighted by molar-refractivity contribution is 5.94. The normalized spacial score (nSPS) is 14.3. The first kappa shape index (κ1) is 17.7. The van der Waals surface area contributed by atoms with Crippen LogP contribution >= 0.6 is 12.4 Å². The van der Waals surface area contributed by atoms with Crippen LogP contribution in [0.15, 0.2) is 12.1 Å². The summed E-state index contributed by atoms with van der Waals surface area (Å²) in [4.78, 5) is 12.0. The molecule has 0 aromatic heterocycles. The molecule has 1 fully saturated rings. The summed E-state index contributed by atoms with van der Waals surface area (Å²) >= 11 is 0. The van der Waals surface area contributed by atoms with Gasteiger partial charge in [-0.1, -0.05) is 0 Å². The molecule has 1 aromatic rings. The molecule has 1 saturated heterocycles. The number of hydrogen-bond donors (Lipinski definition) is 2. The van der Waals surface area contributed by atoms with Gasteiger partial charge in [-0.05, 0) is 37.1 Å². The second kappa shape index (κ2) is 7.56. The van der Waals surface area contributed by atoms with Gasteiger partial charge in [-0.3, -0.25) is 4.79 Å². The monoisotopic (exact) mass is 320 g/mol. The lowest BCUT2D eigenvalue weighted by atomic mass is 10.0. The van der Waals surface area contributed by atoms with E-state index in [0.29, 0.717) is 29.2 Å². The number of alkyl halides is 2. The van der Waals surface area contributed by atoms with E-state index in [1.165, 1.54) is 0 Å². The summed E-state index contributed by atoms with van der Waals surface area (Å²) in [7, 11) is 0. The van der Waals surface area contributed by atoms with Crippen LogP contribution in [0.1, 0.15) is 21.5 Å². The van der Waals surface area contributed by atoms with Crippen LogP contribution in [-0.2, 0) is 0 Å². The van der Waals surface area contributed by atoms with Crippen molar-refractivity contribution in [3.05, 3.63) is 28.8 Å². The van der Waals surface area contributed by atoms with E-state index >= 15 is 0 Å². The molecule has 0 bridgehead atoms. The zero-order chi connectivity index (χ0) is 14.7. The van der Waals surface area contributed by atoms with Crippen LogP contribution in [0.4, 0.5) is 8.78 Å². The van der Waals surface area contributed by atoms with Gasteiger partial charge in [0.05, 0.1) is 0 Å². The lowest BCUT2D eigenvalue weighted by molar-refractivity contribution is -0.0507. The van der Waals surface area contributed by atoms with Crippen LogP contribution in [0.5, 0.6) is 5.75 Å². The third kappa shape index (κ3) is 4.54. The summed E-state index contributed by atoms with van der Waals surface area (Å²) in [6.07, 6.45) is 0. The number of hydrogen-bond acceptors (Lipinski definition) is 3. The number of nitrogens with one attached hydrogen (secondary N) is 2. The van der Waals surface area contributed by atoms with Crippen LogP contribution in [0.25, 0.3) is 0 Å². The van der Waals surface area contributed by atoms with Crippen molar-refractivity contribution in [3.63, 3.8) is 0 Å². The van der Waals surface area contributed by atoms with E-state index in [9.17, 15) is 13.6 Å². The third-order valence-electron chi connectivity index (χ3n) is 3.35. The first-order valence-electron chi connectivity index (χ1n) is 6.52. The molecule has 1 amide bonds. The molecule has 118 valence electrons. The van der Waals surface area contributed by atoms with E-state index < -0.39 is 6.61 Å². The molecule has 1 heterocycles. The molecule has 0 unspecified atom stereocenters. The predicted molar refractivity (Wildman–Crippen MR) is 78.5 cm³/mol. The molecule has 4 nitrogen and oxygen atoms in total. The van der Waals surface area contributed by atoms with Crippen molar-refractivity contribution in [3.8, 4) is 5.75 Å². The second-order valence-corrected chi connectivity index (χ2v) is 5.05. The van der Waals surface area contributed by atoms with Crippen molar-refractivity contribution in [2.45, 2.75) is 20.5 Å². The Morgan fingerprint density at radius 2 is 1.95 bits per heavy atom. The molecule has 0 aliphatic carbocycles. The van der Waals surface area contributed by atoms with Gasteiger partial charge in [-0.15, -0.1) is 12.4 Å². The number of halogens is 3. The lowest BCUT2D eigenvalue weighted by Crippen LogP contribution is -2.48. The Morgan fingerprint density at radius 1 is 1.38 bits per heavy atom. The van der Waals surface area contributed by atoms with E-state index in [1.807, 2.05) is 0 Å². The topological polar surface area (TPSA) is 50.4 Å². The van der Waals surface area contributed by atoms with Gasteiger partial charge in [0.1, 0.15) is 5.75 Å². The standard InChI is InChI=1S/C14H18F2N2O2.ClH/c1-8-3-11(4-9(2)12(8)20-14(15)16)13(19)18-7-10-5-17-6-10;/h3-4,10,14,17H,5-7H2,1-2H3,(H,18,19);1H. The first-order valence-corrected chi connectivity index (χ1v) is 6.52. The lowest BCUT2D eigenvalue weighted by Gasteiger charge is -2.27. The van der Waals surface area contributed by atoms with Gasteiger partial charge >= 0.3 is 6.61 Å². The minimum absolute atomic E-state index is 0. The molecule has 0 atom stereocenters. The maximum Gasteiger partial charge on any atom is 0.387 e. The molecule has 1 aliphatic heterocycles. The number of rotatable bonds is 5. The van der Waals surface area contributed by atoms with Gasteiger partial charge in [0.25, 0.3) is 5.91 Å². The van der Waals surface area contributed by atoms with E-state index in [1.54, 1.807) is 26.0 Å². The minimum Gasteiger partial charge on any atom is -0.434 e. The van der Waals surface area contributed by atoms with Crippen LogP contribution < -0.4 is 15.4 Å². The van der Waals surface area contributed by atoms with E-state index in [2.05, 4.69) is 15.4 Å². The van der Waals surface area contributed by atoms with E-state index in [4.69, 9.17) is 0 Å². The van der Waals surface area contributed by atoms with E-state index in [0.717, 1.165) is 13.1 Å². The number of benzene rings is 1. The van der Waals surface area contributed by atoms with Crippen LogP contribution in [0.3, 0.4) is 0 Å². The molecule has 1 aromatic carbocycles. The summed E-state index contributed by atoms with van der Waals surface area (Å²) in [5, 5.41) is 5.98. The molecule has 0 radical (unpaired) electrons. The number of ether oxygens (including phenoxy) is 1. The summed E-state index contributed by atoms with van der Waals surface area (Å²) in [6, 6.07) is 3.14. The van der Waals surface area contributed by atoms with Crippen molar-refractivity contribution in [1.82, 2.24) is 10.6 Å². The van der Waals surface area contributed by atoms with E-state index in [-0.39, 0.29) is 24.1 Å². The fourth-order valence-corrected chi connectivity index (χ4v) is 2.19. The molecule has 2 N–H and O–H groups in total. The van der Waals surface area contributed by atoms with Crippen LogP contribution in [-0.4, -0.2) is 32.2 Å². The molecular formula is C14H19ClF2N2O2. The summed E-state index contributed by atoms with van der Waals surface area (Å²) in [5.41, 5.74) is 1.52. The fraction of sp³-hybridized carbons (Fsp3) is 0.500. The van der Waals surface area contributed by atoms with Crippen molar-refractivity contribution in [2.75, 3.05) is 19.6 Å². The van der Waals surface area contributed by atoms with Crippen LogP contribution in [0, 0.1) is 19.8 Å². The largest absolute Gasteiger partial charge is 0.434 e. The van der Waals surface area contributed by atoms with Gasteiger partial charge in [0.2, 0.25) is 0 Å². The van der Waals surface area contributed by atoms with Crippen molar-refractivity contribution in [1.29, 1.82) is 0 Å². The highest BCUT2D eigenvalue weighted by atomic mass is 35.5. The smallest absolute Gasteiger partial charge is 0.387 e. The first-order chi connectivity index (χ1) is 9.47. The van der Waals surface area contributed by atoms with Crippen molar-refractivity contribution >= 4 is 18.3 Å². The summed E-state index contributed by atoms with van der Waals surface area (Å²) < 4.78 is 29.0. The molecule has 0 spiro atoms. The Labute approximate surface area is 128 Å². The second-order valence-electron chi connectivity index (χ2n) is 5.05. The molecule has 7 heteroatoms.